The van der Waals surface area contributed by atoms with Gasteiger partial charge in [-0.3, -0.25) is 4.98 Å². The third-order valence-corrected chi connectivity index (χ3v) is 4.39. The van der Waals surface area contributed by atoms with Gasteiger partial charge < -0.3 is 9.47 Å². The van der Waals surface area contributed by atoms with Crippen molar-refractivity contribution in [3.63, 3.8) is 0 Å². The Hall–Kier alpha value is -2.88. The SMILES string of the molecule is CCOC(=O)C(C)Oc1ccncc1Cc1ccc(C)c2ccccc12. The molecule has 0 radical (unpaired) electrons. The molecule has 0 aliphatic carbocycles. The van der Waals surface area contributed by atoms with Gasteiger partial charge in [0, 0.05) is 24.4 Å². The van der Waals surface area contributed by atoms with Crippen LogP contribution in [-0.4, -0.2) is 23.7 Å². The van der Waals surface area contributed by atoms with Gasteiger partial charge in [0.25, 0.3) is 0 Å². The average Bonchev–Trinajstić information content (AvgIpc) is 2.66. The van der Waals surface area contributed by atoms with Gasteiger partial charge in [-0.25, -0.2) is 4.79 Å². The lowest BCUT2D eigenvalue weighted by molar-refractivity contribution is -0.150. The van der Waals surface area contributed by atoms with E-state index in [0.29, 0.717) is 18.8 Å². The van der Waals surface area contributed by atoms with Gasteiger partial charge in [0.05, 0.1) is 6.61 Å². The molecule has 3 rings (SSSR count). The summed E-state index contributed by atoms with van der Waals surface area (Å²) in [6, 6.07) is 14.4. The van der Waals surface area contributed by atoms with E-state index in [1.165, 1.54) is 21.9 Å². The third-order valence-electron chi connectivity index (χ3n) is 4.39. The Morgan fingerprint density at radius 3 is 2.62 bits per heavy atom. The van der Waals surface area contributed by atoms with Crippen LogP contribution in [0.5, 0.6) is 5.75 Å². The zero-order valence-corrected chi connectivity index (χ0v) is 15.4. The minimum Gasteiger partial charge on any atom is -0.479 e. The highest BCUT2D eigenvalue weighted by Gasteiger charge is 2.18. The second-order valence-corrected chi connectivity index (χ2v) is 6.26. The Labute approximate surface area is 153 Å². The van der Waals surface area contributed by atoms with E-state index in [2.05, 4.69) is 48.3 Å². The van der Waals surface area contributed by atoms with Crippen molar-refractivity contribution in [2.24, 2.45) is 0 Å². The number of esters is 1. The molecule has 4 heteroatoms. The zero-order valence-electron chi connectivity index (χ0n) is 15.4. The molecular formula is C22H23NO3. The van der Waals surface area contributed by atoms with Crippen molar-refractivity contribution in [2.75, 3.05) is 6.61 Å². The van der Waals surface area contributed by atoms with Crippen molar-refractivity contribution in [2.45, 2.75) is 33.3 Å². The van der Waals surface area contributed by atoms with Crippen molar-refractivity contribution in [1.29, 1.82) is 0 Å². The molecule has 26 heavy (non-hydrogen) atoms. The highest BCUT2D eigenvalue weighted by atomic mass is 16.6. The van der Waals surface area contributed by atoms with Gasteiger partial charge in [-0.1, -0.05) is 36.4 Å². The summed E-state index contributed by atoms with van der Waals surface area (Å²) in [6.45, 7) is 5.94. The summed E-state index contributed by atoms with van der Waals surface area (Å²) in [5.41, 5.74) is 3.40. The maximum Gasteiger partial charge on any atom is 0.347 e. The second-order valence-electron chi connectivity index (χ2n) is 6.26. The van der Waals surface area contributed by atoms with E-state index in [1.807, 2.05) is 0 Å². The molecule has 0 aliphatic rings. The Morgan fingerprint density at radius 2 is 1.85 bits per heavy atom. The van der Waals surface area contributed by atoms with Gasteiger partial charge in [0.15, 0.2) is 6.10 Å². The number of benzene rings is 2. The minimum atomic E-state index is -0.661. The molecule has 0 amide bonds. The quantitative estimate of drug-likeness (QED) is 0.616. The van der Waals surface area contributed by atoms with E-state index in [0.717, 1.165) is 5.56 Å². The number of hydrogen-bond donors (Lipinski definition) is 0. The summed E-state index contributed by atoms with van der Waals surface area (Å²) in [7, 11) is 0. The van der Waals surface area contributed by atoms with Crippen LogP contribution in [0.2, 0.25) is 0 Å². The van der Waals surface area contributed by atoms with E-state index in [1.54, 1.807) is 32.3 Å². The summed E-state index contributed by atoms with van der Waals surface area (Å²) >= 11 is 0. The summed E-state index contributed by atoms with van der Waals surface area (Å²) < 4.78 is 10.9. The number of aromatic nitrogens is 1. The maximum absolute atomic E-state index is 11.9. The zero-order chi connectivity index (χ0) is 18.5. The van der Waals surface area contributed by atoms with Gasteiger partial charge in [0.2, 0.25) is 0 Å². The fourth-order valence-corrected chi connectivity index (χ4v) is 3.03. The normalized spacial score (nSPS) is 12.0. The number of fused-ring (bicyclic) bond motifs is 1. The summed E-state index contributed by atoms with van der Waals surface area (Å²) in [4.78, 5) is 16.1. The van der Waals surface area contributed by atoms with E-state index in [-0.39, 0.29) is 5.97 Å². The number of pyridine rings is 1. The molecule has 1 atom stereocenters. The lowest BCUT2D eigenvalue weighted by Crippen LogP contribution is -2.26. The number of aryl methyl sites for hydroxylation is 1. The molecule has 1 aromatic heterocycles. The minimum absolute atomic E-state index is 0.338. The molecule has 3 aromatic rings. The van der Waals surface area contributed by atoms with Crippen molar-refractivity contribution >= 4 is 16.7 Å². The highest BCUT2D eigenvalue weighted by Crippen LogP contribution is 2.27. The molecule has 0 saturated heterocycles. The van der Waals surface area contributed by atoms with Crippen LogP contribution in [0.4, 0.5) is 0 Å². The van der Waals surface area contributed by atoms with Crippen LogP contribution >= 0.6 is 0 Å². The van der Waals surface area contributed by atoms with Crippen LogP contribution in [0, 0.1) is 6.92 Å². The van der Waals surface area contributed by atoms with Gasteiger partial charge in [-0.15, -0.1) is 0 Å². The Morgan fingerprint density at radius 1 is 1.08 bits per heavy atom. The number of rotatable bonds is 6. The maximum atomic E-state index is 11.9. The second kappa shape index (κ2) is 8.00. The van der Waals surface area contributed by atoms with E-state index in [4.69, 9.17) is 9.47 Å². The molecule has 4 nitrogen and oxygen atoms in total. The molecule has 0 saturated carbocycles. The molecule has 1 heterocycles. The topological polar surface area (TPSA) is 48.4 Å². The molecule has 0 bridgehead atoms. The summed E-state index contributed by atoms with van der Waals surface area (Å²) in [5, 5.41) is 2.47. The highest BCUT2D eigenvalue weighted by molar-refractivity contribution is 5.88. The first-order chi connectivity index (χ1) is 12.6. The first-order valence-electron chi connectivity index (χ1n) is 8.83. The Bertz CT molecular complexity index is 920. The molecular weight excluding hydrogens is 326 g/mol. The van der Waals surface area contributed by atoms with Crippen LogP contribution < -0.4 is 4.74 Å². The number of carbonyl (C=O) groups is 1. The Kier molecular flexibility index (Phi) is 5.52. The molecule has 0 fully saturated rings. The molecule has 2 aromatic carbocycles. The molecule has 134 valence electrons. The van der Waals surface area contributed by atoms with Gasteiger partial charge >= 0.3 is 5.97 Å². The third kappa shape index (κ3) is 3.85. The van der Waals surface area contributed by atoms with Gasteiger partial charge in [0.1, 0.15) is 5.75 Å². The Balaban J connectivity index is 1.90. The molecule has 1 unspecified atom stereocenters. The fourth-order valence-electron chi connectivity index (χ4n) is 3.03. The van der Waals surface area contributed by atoms with Crippen LogP contribution in [0.1, 0.15) is 30.5 Å². The summed E-state index contributed by atoms with van der Waals surface area (Å²) in [6.07, 6.45) is 3.48. The van der Waals surface area contributed by atoms with Crippen molar-refractivity contribution in [3.8, 4) is 5.75 Å². The predicted octanol–water partition coefficient (Wildman–Crippen LogP) is 4.46. The first-order valence-corrected chi connectivity index (χ1v) is 8.83. The van der Waals surface area contributed by atoms with E-state index >= 15 is 0 Å². The van der Waals surface area contributed by atoms with Gasteiger partial charge in [-0.05, 0) is 48.7 Å². The molecule has 0 spiro atoms. The average molecular weight is 349 g/mol. The largest absolute Gasteiger partial charge is 0.479 e. The molecule has 0 aliphatic heterocycles. The lowest BCUT2D eigenvalue weighted by atomic mass is 9.96. The number of carbonyl (C=O) groups excluding carboxylic acids is 1. The van der Waals surface area contributed by atoms with Crippen LogP contribution in [0.25, 0.3) is 10.8 Å². The fraction of sp³-hybridized carbons (Fsp3) is 0.273. The van der Waals surface area contributed by atoms with Crippen LogP contribution in [-0.2, 0) is 16.0 Å². The predicted molar refractivity (Wildman–Crippen MR) is 102 cm³/mol. The number of ether oxygens (including phenoxy) is 2. The first kappa shape index (κ1) is 17.9. The number of nitrogens with zero attached hydrogens (tertiary/aromatic N) is 1. The van der Waals surface area contributed by atoms with Crippen LogP contribution in [0.15, 0.2) is 54.9 Å². The van der Waals surface area contributed by atoms with Crippen molar-refractivity contribution in [3.05, 3.63) is 71.5 Å². The van der Waals surface area contributed by atoms with Crippen molar-refractivity contribution in [1.82, 2.24) is 4.98 Å². The summed E-state index contributed by atoms with van der Waals surface area (Å²) in [5.74, 6) is 0.293. The van der Waals surface area contributed by atoms with Crippen molar-refractivity contribution < 1.29 is 14.3 Å². The van der Waals surface area contributed by atoms with Gasteiger partial charge in [-0.2, -0.15) is 0 Å². The smallest absolute Gasteiger partial charge is 0.347 e. The van der Waals surface area contributed by atoms with Crippen LogP contribution in [0.3, 0.4) is 0 Å². The monoisotopic (exact) mass is 349 g/mol. The van der Waals surface area contributed by atoms with E-state index < -0.39 is 6.10 Å². The lowest BCUT2D eigenvalue weighted by Gasteiger charge is -2.16. The molecule has 0 N–H and O–H groups in total. The van der Waals surface area contributed by atoms with E-state index in [9.17, 15) is 4.79 Å². The standard InChI is InChI=1S/C22H23NO3/c1-4-25-22(24)16(3)26-21-11-12-23-14-18(21)13-17-10-9-15(2)19-7-5-6-8-20(17)19/h5-12,14,16H,4,13H2,1-3H3. The number of hydrogen-bond acceptors (Lipinski definition) is 4.